The van der Waals surface area contributed by atoms with Gasteiger partial charge in [0.25, 0.3) is 0 Å². The van der Waals surface area contributed by atoms with E-state index in [-0.39, 0.29) is 5.56 Å². The summed E-state index contributed by atoms with van der Waals surface area (Å²) in [5, 5.41) is 26.0. The number of para-hydroxylation sites is 1. The number of carbonyl (C=O) groups is 1. The normalized spacial score (nSPS) is 10.3. The number of nitrogens with zero attached hydrogens (tertiary/aromatic N) is 4. The van der Waals surface area contributed by atoms with E-state index in [1.807, 2.05) is 0 Å². The summed E-state index contributed by atoms with van der Waals surface area (Å²) in [5.74, 6) is -1.01. The molecule has 96 valence electrons. The second-order valence-electron chi connectivity index (χ2n) is 4.14. The van der Waals surface area contributed by atoms with Crippen LogP contribution in [0.2, 0.25) is 0 Å². The van der Waals surface area contributed by atoms with E-state index in [1.165, 1.54) is 16.8 Å². The number of carboxylic acid groups (broad SMARTS) is 1. The molecule has 1 aromatic heterocycles. The highest BCUT2D eigenvalue weighted by atomic mass is 16.4. The van der Waals surface area contributed by atoms with Crippen molar-refractivity contribution in [3.8, 4) is 11.8 Å². The van der Waals surface area contributed by atoms with Crippen molar-refractivity contribution in [2.75, 3.05) is 0 Å². The molecule has 0 aliphatic carbocycles. The van der Waals surface area contributed by atoms with E-state index in [1.54, 1.807) is 30.3 Å². The molecular weight excluding hydrogens is 256 g/mol. The number of fused-ring (bicyclic) bond motifs is 1. The second-order valence-corrected chi connectivity index (χ2v) is 4.14. The van der Waals surface area contributed by atoms with E-state index in [0.717, 1.165) is 0 Å². The molecule has 0 spiro atoms. The molecule has 0 bridgehead atoms. The Morgan fingerprint density at radius 3 is 2.80 bits per heavy atom. The molecule has 1 heterocycles. The number of aromatic carboxylic acids is 1. The van der Waals surface area contributed by atoms with Gasteiger partial charge in [0.2, 0.25) is 0 Å². The van der Waals surface area contributed by atoms with Crippen molar-refractivity contribution in [2.24, 2.45) is 0 Å². The molecule has 6 heteroatoms. The van der Waals surface area contributed by atoms with Crippen LogP contribution in [0.1, 0.15) is 15.9 Å². The minimum atomic E-state index is -1.01. The molecule has 1 N–H and O–H groups in total. The largest absolute Gasteiger partial charge is 0.478 e. The Bertz CT molecular complexity index is 861. The number of hydrogen-bond donors (Lipinski definition) is 1. The van der Waals surface area contributed by atoms with Gasteiger partial charge in [-0.15, -0.1) is 5.10 Å². The summed E-state index contributed by atoms with van der Waals surface area (Å²) in [5.41, 5.74) is 2.36. The Kier molecular flexibility index (Phi) is 2.66. The number of hydrogen-bond acceptors (Lipinski definition) is 4. The molecule has 20 heavy (non-hydrogen) atoms. The molecule has 3 rings (SSSR count). The Morgan fingerprint density at radius 2 is 2.05 bits per heavy atom. The first-order valence-corrected chi connectivity index (χ1v) is 5.79. The van der Waals surface area contributed by atoms with Crippen LogP contribution < -0.4 is 0 Å². The van der Waals surface area contributed by atoms with Gasteiger partial charge in [-0.3, -0.25) is 0 Å². The molecule has 0 radical (unpaired) electrons. The van der Waals surface area contributed by atoms with Crippen LogP contribution in [0.3, 0.4) is 0 Å². The first-order chi connectivity index (χ1) is 9.70. The van der Waals surface area contributed by atoms with E-state index in [9.17, 15) is 4.79 Å². The van der Waals surface area contributed by atoms with Crippen LogP contribution in [-0.4, -0.2) is 26.1 Å². The maximum Gasteiger partial charge on any atom is 0.335 e. The minimum absolute atomic E-state index is 0.151. The molecule has 0 saturated heterocycles. The SMILES string of the molecule is N#Cc1ccccc1-n1nnc2cc(C(=O)O)ccc21. The highest BCUT2D eigenvalue weighted by molar-refractivity contribution is 5.92. The number of rotatable bonds is 2. The molecule has 0 aliphatic rings. The van der Waals surface area contributed by atoms with Crippen LogP contribution in [0, 0.1) is 11.3 Å². The van der Waals surface area contributed by atoms with E-state index < -0.39 is 5.97 Å². The summed E-state index contributed by atoms with van der Waals surface area (Å²) in [7, 11) is 0. The lowest BCUT2D eigenvalue weighted by Gasteiger charge is -2.04. The first kappa shape index (κ1) is 11.9. The molecule has 3 aromatic rings. The fourth-order valence-corrected chi connectivity index (χ4v) is 1.99. The van der Waals surface area contributed by atoms with Crippen molar-refractivity contribution in [3.05, 3.63) is 53.6 Å². The lowest BCUT2D eigenvalue weighted by atomic mass is 10.1. The summed E-state index contributed by atoms with van der Waals surface area (Å²) >= 11 is 0. The maximum absolute atomic E-state index is 10.9. The standard InChI is InChI=1S/C14H8N4O2/c15-8-10-3-1-2-4-12(10)18-13-6-5-9(14(19)20)7-11(13)16-17-18/h1-7H,(H,19,20). The van der Waals surface area contributed by atoms with Crippen LogP contribution in [0.4, 0.5) is 0 Å². The van der Waals surface area contributed by atoms with Crippen molar-refractivity contribution in [1.29, 1.82) is 5.26 Å². The summed E-state index contributed by atoms with van der Waals surface area (Å²) < 4.78 is 1.53. The number of nitriles is 1. The van der Waals surface area contributed by atoms with Gasteiger partial charge in [0.15, 0.2) is 0 Å². The van der Waals surface area contributed by atoms with Crippen LogP contribution in [0.5, 0.6) is 0 Å². The Morgan fingerprint density at radius 1 is 1.25 bits per heavy atom. The number of aromatic nitrogens is 3. The van der Waals surface area contributed by atoms with E-state index in [0.29, 0.717) is 22.3 Å². The van der Waals surface area contributed by atoms with Crippen molar-refractivity contribution in [2.45, 2.75) is 0 Å². The molecule has 0 aliphatic heterocycles. The third kappa shape index (κ3) is 1.78. The predicted molar refractivity (Wildman–Crippen MR) is 70.5 cm³/mol. The number of carboxylic acids is 1. The average molecular weight is 264 g/mol. The summed E-state index contributed by atoms with van der Waals surface area (Å²) in [6.07, 6.45) is 0. The molecule has 0 unspecified atom stereocenters. The molecule has 0 fully saturated rings. The predicted octanol–water partition coefficient (Wildman–Crippen LogP) is 1.99. The zero-order valence-electron chi connectivity index (χ0n) is 10.2. The Hall–Kier alpha value is -3.20. The molecule has 2 aromatic carbocycles. The van der Waals surface area contributed by atoms with Crippen molar-refractivity contribution in [3.63, 3.8) is 0 Å². The molecular formula is C14H8N4O2. The summed E-state index contributed by atoms with van der Waals surface area (Å²) in [6.45, 7) is 0. The zero-order chi connectivity index (χ0) is 14.1. The van der Waals surface area contributed by atoms with Crippen molar-refractivity contribution >= 4 is 17.0 Å². The van der Waals surface area contributed by atoms with E-state index in [2.05, 4.69) is 16.4 Å². The van der Waals surface area contributed by atoms with Gasteiger partial charge in [0.05, 0.1) is 22.3 Å². The third-order valence-corrected chi connectivity index (χ3v) is 2.95. The van der Waals surface area contributed by atoms with Crippen molar-refractivity contribution in [1.82, 2.24) is 15.0 Å². The fraction of sp³-hybridized carbons (Fsp3) is 0. The molecule has 0 atom stereocenters. The first-order valence-electron chi connectivity index (χ1n) is 5.79. The van der Waals surface area contributed by atoms with Gasteiger partial charge in [-0.25, -0.2) is 9.48 Å². The lowest BCUT2D eigenvalue weighted by Crippen LogP contribution is -2.00. The minimum Gasteiger partial charge on any atom is -0.478 e. The third-order valence-electron chi connectivity index (χ3n) is 2.95. The van der Waals surface area contributed by atoms with Gasteiger partial charge in [0.1, 0.15) is 11.6 Å². The van der Waals surface area contributed by atoms with Gasteiger partial charge in [0, 0.05) is 0 Å². The van der Waals surface area contributed by atoms with Gasteiger partial charge in [-0.2, -0.15) is 5.26 Å². The van der Waals surface area contributed by atoms with Crippen LogP contribution >= 0.6 is 0 Å². The highest BCUT2D eigenvalue weighted by Crippen LogP contribution is 2.20. The van der Waals surface area contributed by atoms with Crippen LogP contribution in [0.15, 0.2) is 42.5 Å². The van der Waals surface area contributed by atoms with Crippen LogP contribution in [0.25, 0.3) is 16.7 Å². The van der Waals surface area contributed by atoms with E-state index >= 15 is 0 Å². The smallest absolute Gasteiger partial charge is 0.335 e. The zero-order valence-corrected chi connectivity index (χ0v) is 10.2. The van der Waals surface area contributed by atoms with E-state index in [4.69, 9.17) is 10.4 Å². The summed E-state index contributed by atoms with van der Waals surface area (Å²) in [6, 6.07) is 13.7. The molecule has 6 nitrogen and oxygen atoms in total. The fourth-order valence-electron chi connectivity index (χ4n) is 1.99. The van der Waals surface area contributed by atoms with Gasteiger partial charge in [-0.05, 0) is 30.3 Å². The number of benzene rings is 2. The topological polar surface area (TPSA) is 91.8 Å². The van der Waals surface area contributed by atoms with Gasteiger partial charge in [-0.1, -0.05) is 17.3 Å². The average Bonchev–Trinajstić information content (AvgIpc) is 2.89. The Labute approximate surface area is 113 Å². The molecule has 0 saturated carbocycles. The lowest BCUT2D eigenvalue weighted by molar-refractivity contribution is 0.0697. The maximum atomic E-state index is 10.9. The second kappa shape index (κ2) is 4.48. The van der Waals surface area contributed by atoms with Crippen LogP contribution in [-0.2, 0) is 0 Å². The molecule has 0 amide bonds. The van der Waals surface area contributed by atoms with Gasteiger partial charge < -0.3 is 5.11 Å². The quantitative estimate of drug-likeness (QED) is 0.764. The summed E-state index contributed by atoms with van der Waals surface area (Å²) in [4.78, 5) is 10.9. The Balaban J connectivity index is 2.23. The monoisotopic (exact) mass is 264 g/mol. The van der Waals surface area contributed by atoms with Gasteiger partial charge >= 0.3 is 5.97 Å². The van der Waals surface area contributed by atoms with Crippen molar-refractivity contribution < 1.29 is 9.90 Å². The highest BCUT2D eigenvalue weighted by Gasteiger charge is 2.12.